The fourth-order valence-electron chi connectivity index (χ4n) is 2.31. The molecule has 0 aliphatic rings. The minimum atomic E-state index is -0.0418. The molecule has 0 saturated heterocycles. The van der Waals surface area contributed by atoms with E-state index in [2.05, 4.69) is 10.4 Å². The Balaban J connectivity index is 0.00000264. The highest BCUT2D eigenvalue weighted by molar-refractivity contribution is 6.30. The summed E-state index contributed by atoms with van der Waals surface area (Å²) in [5, 5.41) is 8.08. The Labute approximate surface area is 147 Å². The summed E-state index contributed by atoms with van der Waals surface area (Å²) in [5.74, 6) is -0.0418. The molecule has 0 unspecified atom stereocenters. The van der Waals surface area contributed by atoms with Crippen LogP contribution in [0.4, 0.5) is 0 Å². The second kappa shape index (κ2) is 8.34. The number of aryl methyl sites for hydroxylation is 1. The third-order valence-corrected chi connectivity index (χ3v) is 3.86. The number of hydrogen-bond donors (Lipinski definition) is 2. The number of amides is 1. The van der Waals surface area contributed by atoms with E-state index >= 15 is 0 Å². The van der Waals surface area contributed by atoms with Crippen LogP contribution in [0.3, 0.4) is 0 Å². The van der Waals surface area contributed by atoms with Crippen molar-refractivity contribution in [1.29, 1.82) is 0 Å². The van der Waals surface area contributed by atoms with Crippen molar-refractivity contribution in [2.75, 3.05) is 6.54 Å². The second-order valence-electron chi connectivity index (χ2n) is 5.42. The van der Waals surface area contributed by atoms with Crippen LogP contribution >= 0.6 is 24.0 Å². The highest BCUT2D eigenvalue weighted by Crippen LogP contribution is 2.20. The Morgan fingerprint density at radius 1 is 1.35 bits per heavy atom. The largest absolute Gasteiger partial charge is 0.352 e. The lowest BCUT2D eigenvalue weighted by Crippen LogP contribution is -2.38. The van der Waals surface area contributed by atoms with Gasteiger partial charge in [-0.05, 0) is 45.0 Å². The molecule has 1 aromatic heterocycles. The first-order valence-corrected chi connectivity index (χ1v) is 7.60. The quantitative estimate of drug-likeness (QED) is 0.864. The van der Waals surface area contributed by atoms with Crippen LogP contribution in [0.25, 0.3) is 5.69 Å². The van der Waals surface area contributed by atoms with Crippen LogP contribution in [0.15, 0.2) is 24.3 Å². The number of nitrogens with two attached hydrogens (primary N) is 1. The zero-order valence-corrected chi connectivity index (χ0v) is 15.0. The lowest BCUT2D eigenvalue weighted by molar-refractivity contribution is -0.121. The molecular weight excluding hydrogens is 335 g/mol. The third-order valence-electron chi connectivity index (χ3n) is 3.61. The van der Waals surface area contributed by atoms with Gasteiger partial charge in [0.05, 0.1) is 17.8 Å². The van der Waals surface area contributed by atoms with Crippen molar-refractivity contribution >= 4 is 29.9 Å². The SMILES string of the molecule is Cc1nn(-c2ccc(Cl)cc2)c(C)c1CC(=O)N[C@@H](C)CN.Cl. The first-order valence-electron chi connectivity index (χ1n) is 7.22. The molecule has 3 N–H and O–H groups in total. The Kier molecular flexibility index (Phi) is 7.06. The van der Waals surface area contributed by atoms with Crippen molar-refractivity contribution in [2.24, 2.45) is 5.73 Å². The normalized spacial score (nSPS) is 11.7. The van der Waals surface area contributed by atoms with Crippen LogP contribution < -0.4 is 11.1 Å². The molecule has 0 aliphatic carbocycles. The van der Waals surface area contributed by atoms with Gasteiger partial charge in [0.15, 0.2) is 0 Å². The molecular formula is C16H22Cl2N4O. The van der Waals surface area contributed by atoms with Gasteiger partial charge in [-0.1, -0.05) is 11.6 Å². The molecule has 1 amide bonds. The van der Waals surface area contributed by atoms with Gasteiger partial charge in [-0.3, -0.25) is 4.79 Å². The number of carbonyl (C=O) groups excluding carboxylic acids is 1. The summed E-state index contributed by atoms with van der Waals surface area (Å²) in [6.45, 7) is 6.18. The van der Waals surface area contributed by atoms with E-state index in [-0.39, 0.29) is 24.4 Å². The molecule has 126 valence electrons. The Bertz CT molecular complexity index is 667. The molecule has 0 radical (unpaired) electrons. The number of nitrogens with one attached hydrogen (secondary N) is 1. The van der Waals surface area contributed by atoms with Gasteiger partial charge in [0, 0.05) is 28.9 Å². The minimum Gasteiger partial charge on any atom is -0.352 e. The summed E-state index contributed by atoms with van der Waals surface area (Å²) in [4.78, 5) is 12.1. The molecule has 1 aromatic carbocycles. The molecule has 0 saturated carbocycles. The van der Waals surface area contributed by atoms with Crippen LogP contribution in [0.5, 0.6) is 0 Å². The van der Waals surface area contributed by atoms with E-state index in [9.17, 15) is 4.79 Å². The van der Waals surface area contributed by atoms with Crippen molar-refractivity contribution in [3.8, 4) is 5.69 Å². The van der Waals surface area contributed by atoms with Gasteiger partial charge in [-0.2, -0.15) is 5.10 Å². The minimum absolute atomic E-state index is 0. The summed E-state index contributed by atoms with van der Waals surface area (Å²) < 4.78 is 1.83. The third kappa shape index (κ3) is 4.70. The highest BCUT2D eigenvalue weighted by Gasteiger charge is 2.16. The molecule has 2 aromatic rings. The van der Waals surface area contributed by atoms with E-state index < -0.39 is 0 Å². The van der Waals surface area contributed by atoms with E-state index in [1.807, 2.05) is 49.7 Å². The van der Waals surface area contributed by atoms with Crippen molar-refractivity contribution in [3.63, 3.8) is 0 Å². The van der Waals surface area contributed by atoms with Crippen molar-refractivity contribution < 1.29 is 4.79 Å². The van der Waals surface area contributed by atoms with Crippen LogP contribution in [0.2, 0.25) is 5.02 Å². The number of rotatable bonds is 5. The van der Waals surface area contributed by atoms with E-state index in [4.69, 9.17) is 17.3 Å². The fourth-order valence-corrected chi connectivity index (χ4v) is 2.44. The monoisotopic (exact) mass is 356 g/mol. The fraction of sp³-hybridized carbons (Fsp3) is 0.375. The zero-order chi connectivity index (χ0) is 16.3. The lowest BCUT2D eigenvalue weighted by atomic mass is 10.1. The van der Waals surface area contributed by atoms with Crippen molar-refractivity contribution in [3.05, 3.63) is 46.2 Å². The molecule has 0 aliphatic heterocycles. The molecule has 23 heavy (non-hydrogen) atoms. The molecule has 0 spiro atoms. The van der Waals surface area contributed by atoms with Gasteiger partial charge < -0.3 is 11.1 Å². The van der Waals surface area contributed by atoms with E-state index in [1.54, 1.807) is 0 Å². The average Bonchev–Trinajstić information content (AvgIpc) is 2.76. The van der Waals surface area contributed by atoms with E-state index in [0.717, 1.165) is 22.6 Å². The average molecular weight is 357 g/mol. The Morgan fingerprint density at radius 2 is 1.96 bits per heavy atom. The molecule has 7 heteroatoms. The lowest BCUT2D eigenvalue weighted by Gasteiger charge is -2.11. The number of halogens is 2. The maximum atomic E-state index is 12.1. The zero-order valence-electron chi connectivity index (χ0n) is 13.5. The number of nitrogens with zero attached hydrogens (tertiary/aromatic N) is 2. The van der Waals surface area contributed by atoms with Gasteiger partial charge in [0.2, 0.25) is 5.91 Å². The van der Waals surface area contributed by atoms with Gasteiger partial charge in [0.1, 0.15) is 0 Å². The highest BCUT2D eigenvalue weighted by atomic mass is 35.5. The summed E-state index contributed by atoms with van der Waals surface area (Å²) in [5.41, 5.74) is 9.19. The predicted molar refractivity (Wildman–Crippen MR) is 95.7 cm³/mol. The van der Waals surface area contributed by atoms with Crippen molar-refractivity contribution in [1.82, 2.24) is 15.1 Å². The molecule has 0 fully saturated rings. The van der Waals surface area contributed by atoms with Gasteiger partial charge in [-0.15, -0.1) is 12.4 Å². The van der Waals surface area contributed by atoms with Crippen LogP contribution in [-0.4, -0.2) is 28.3 Å². The maximum absolute atomic E-state index is 12.1. The van der Waals surface area contributed by atoms with Gasteiger partial charge in [0.25, 0.3) is 0 Å². The van der Waals surface area contributed by atoms with E-state index in [1.165, 1.54) is 0 Å². The first-order chi connectivity index (χ1) is 10.4. The predicted octanol–water partition coefficient (Wildman–Crippen LogP) is 2.57. The summed E-state index contributed by atoms with van der Waals surface area (Å²) in [6, 6.07) is 7.43. The van der Waals surface area contributed by atoms with Crippen LogP contribution in [0, 0.1) is 13.8 Å². The Hall–Kier alpha value is -1.56. The Morgan fingerprint density at radius 3 is 2.52 bits per heavy atom. The number of benzene rings is 1. The molecule has 0 bridgehead atoms. The summed E-state index contributed by atoms with van der Waals surface area (Å²) in [7, 11) is 0. The molecule has 2 rings (SSSR count). The summed E-state index contributed by atoms with van der Waals surface area (Å²) >= 11 is 5.91. The van der Waals surface area contributed by atoms with Crippen molar-refractivity contribution in [2.45, 2.75) is 33.2 Å². The molecule has 5 nitrogen and oxygen atoms in total. The standard InChI is InChI=1S/C16H21ClN4O.ClH/c1-10(9-18)19-16(22)8-15-11(2)20-21(12(15)3)14-6-4-13(17)5-7-14;/h4-7,10H,8-9,18H2,1-3H3,(H,19,22);1H/t10-;/m0./s1. The molecule has 1 heterocycles. The smallest absolute Gasteiger partial charge is 0.224 e. The molecule has 1 atom stereocenters. The topological polar surface area (TPSA) is 72.9 Å². The van der Waals surface area contributed by atoms with Crippen LogP contribution in [-0.2, 0) is 11.2 Å². The summed E-state index contributed by atoms with van der Waals surface area (Å²) in [6.07, 6.45) is 0.301. The second-order valence-corrected chi connectivity index (χ2v) is 5.86. The number of aromatic nitrogens is 2. The number of hydrogen-bond acceptors (Lipinski definition) is 3. The van der Waals surface area contributed by atoms with E-state index in [0.29, 0.717) is 18.0 Å². The number of carbonyl (C=O) groups is 1. The maximum Gasteiger partial charge on any atom is 0.224 e. The first kappa shape index (κ1) is 19.5. The van der Waals surface area contributed by atoms with Gasteiger partial charge in [-0.25, -0.2) is 4.68 Å². The van der Waals surface area contributed by atoms with Gasteiger partial charge >= 0.3 is 0 Å². The van der Waals surface area contributed by atoms with Crippen LogP contribution in [0.1, 0.15) is 23.9 Å².